The van der Waals surface area contributed by atoms with Crippen LogP contribution in [-0.2, 0) is 10.0 Å². The highest BCUT2D eigenvalue weighted by Gasteiger charge is 2.12. The van der Waals surface area contributed by atoms with Crippen molar-refractivity contribution in [3.05, 3.63) is 24.3 Å². The number of benzene rings is 1. The van der Waals surface area contributed by atoms with Gasteiger partial charge in [0.05, 0.1) is 5.75 Å². The van der Waals surface area contributed by atoms with Crippen molar-refractivity contribution < 1.29 is 21.9 Å². The van der Waals surface area contributed by atoms with E-state index in [4.69, 9.17) is 0 Å². The summed E-state index contributed by atoms with van der Waals surface area (Å²) in [5.41, 5.74) is 0.565. The lowest BCUT2D eigenvalue weighted by Crippen LogP contribution is -2.14. The number of hydrogen-bond donors (Lipinski definition) is 1. The van der Waals surface area contributed by atoms with Crippen LogP contribution in [0, 0.1) is 0 Å². The molecule has 0 bridgehead atoms. The predicted octanol–water partition coefficient (Wildman–Crippen LogP) is 2.57. The normalized spacial score (nSPS) is 11.6. The van der Waals surface area contributed by atoms with E-state index in [1.807, 2.05) is 0 Å². The van der Waals surface area contributed by atoms with Gasteiger partial charge in [0.2, 0.25) is 15.2 Å². The molecule has 0 aliphatic rings. The minimum absolute atomic E-state index is 0.0240. The van der Waals surface area contributed by atoms with E-state index in [2.05, 4.69) is 18.8 Å². The summed E-state index contributed by atoms with van der Waals surface area (Å²) < 4.78 is 57.4. The topological polar surface area (TPSA) is 81.2 Å². The maximum atomic E-state index is 12.0. The zero-order valence-electron chi connectivity index (χ0n) is 10.8. The van der Waals surface area contributed by atoms with Crippen molar-refractivity contribution in [1.29, 1.82) is 0 Å². The summed E-state index contributed by atoms with van der Waals surface area (Å²) in [5, 5.41) is 0.153. The third-order valence-corrected chi connectivity index (χ3v) is 4.41. The molecule has 0 saturated heterocycles. The molecule has 1 N–H and O–H groups in total. The number of anilines is 1. The Bertz CT molecular complexity index is 702. The van der Waals surface area contributed by atoms with Crippen LogP contribution < -0.4 is 9.46 Å². The molecular weight excluding hydrogens is 324 g/mol. The van der Waals surface area contributed by atoms with Crippen LogP contribution in [0.1, 0.15) is 6.92 Å². The number of sulfonamides is 1. The molecule has 1 aromatic carbocycles. The molecule has 114 valence electrons. The third kappa shape index (κ3) is 4.33. The van der Waals surface area contributed by atoms with E-state index in [1.54, 1.807) is 0 Å². The highest BCUT2D eigenvalue weighted by molar-refractivity contribution is 7.92. The number of rotatable bonds is 6. The summed E-state index contributed by atoms with van der Waals surface area (Å²) in [5.74, 6) is 0.259. The Kier molecular flexibility index (Phi) is 4.68. The fourth-order valence-electron chi connectivity index (χ4n) is 1.37. The van der Waals surface area contributed by atoms with Gasteiger partial charge < -0.3 is 4.74 Å². The van der Waals surface area contributed by atoms with E-state index in [9.17, 15) is 17.2 Å². The highest BCUT2D eigenvalue weighted by Crippen LogP contribution is 2.24. The van der Waals surface area contributed by atoms with Crippen molar-refractivity contribution in [3.63, 3.8) is 0 Å². The van der Waals surface area contributed by atoms with Crippen LogP contribution in [0.25, 0.3) is 11.4 Å². The maximum absolute atomic E-state index is 12.0. The van der Waals surface area contributed by atoms with Gasteiger partial charge in [0.15, 0.2) is 5.82 Å². The first-order valence-electron chi connectivity index (χ1n) is 5.79. The van der Waals surface area contributed by atoms with Gasteiger partial charge in [-0.3, -0.25) is 4.72 Å². The number of nitrogens with one attached hydrogen (secondary N) is 1. The minimum Gasteiger partial charge on any atom is -0.435 e. The van der Waals surface area contributed by atoms with Crippen LogP contribution in [0.3, 0.4) is 0 Å². The fourth-order valence-corrected chi connectivity index (χ4v) is 2.81. The van der Waals surface area contributed by atoms with Gasteiger partial charge in [-0.25, -0.2) is 8.42 Å². The van der Waals surface area contributed by atoms with Crippen molar-refractivity contribution in [2.75, 3.05) is 10.5 Å². The summed E-state index contributed by atoms with van der Waals surface area (Å²) in [6, 6.07) is 5.74. The minimum atomic E-state index is -3.41. The second-order valence-electron chi connectivity index (χ2n) is 3.83. The van der Waals surface area contributed by atoms with E-state index in [0.29, 0.717) is 11.4 Å². The third-order valence-electron chi connectivity index (χ3n) is 2.39. The number of halogens is 2. The van der Waals surface area contributed by atoms with Crippen LogP contribution in [-0.4, -0.2) is 30.1 Å². The van der Waals surface area contributed by atoms with Gasteiger partial charge in [-0.05, 0) is 31.2 Å². The molecule has 0 unspecified atom stereocenters. The quantitative estimate of drug-likeness (QED) is 0.877. The molecule has 0 atom stereocenters. The number of ether oxygens (including phenoxy) is 1. The van der Waals surface area contributed by atoms with E-state index >= 15 is 0 Å². The molecule has 1 aromatic heterocycles. The van der Waals surface area contributed by atoms with Gasteiger partial charge in [-0.15, -0.1) is 0 Å². The van der Waals surface area contributed by atoms with Crippen LogP contribution in [0.15, 0.2) is 24.3 Å². The van der Waals surface area contributed by atoms with Gasteiger partial charge in [-0.1, -0.05) is 0 Å². The maximum Gasteiger partial charge on any atom is 0.387 e. The lowest BCUT2D eigenvalue weighted by molar-refractivity contribution is -0.0498. The van der Waals surface area contributed by atoms with Gasteiger partial charge in [-0.2, -0.15) is 18.1 Å². The zero-order chi connectivity index (χ0) is 15.5. The molecule has 2 rings (SSSR count). The van der Waals surface area contributed by atoms with Crippen molar-refractivity contribution in [2.45, 2.75) is 13.5 Å². The first-order valence-corrected chi connectivity index (χ1v) is 8.21. The Hall–Kier alpha value is -1.81. The molecule has 6 nitrogen and oxygen atoms in total. The van der Waals surface area contributed by atoms with Crippen molar-refractivity contribution >= 4 is 26.7 Å². The second-order valence-corrected chi connectivity index (χ2v) is 6.59. The van der Waals surface area contributed by atoms with Crippen molar-refractivity contribution in [2.24, 2.45) is 0 Å². The Morgan fingerprint density at radius 3 is 2.57 bits per heavy atom. The monoisotopic (exact) mass is 335 g/mol. The summed E-state index contributed by atoms with van der Waals surface area (Å²) >= 11 is 0.899. The number of alkyl halides is 2. The molecule has 0 radical (unpaired) electrons. The Morgan fingerprint density at radius 2 is 2.00 bits per heavy atom. The van der Waals surface area contributed by atoms with Crippen LogP contribution >= 0.6 is 11.5 Å². The Balaban J connectivity index is 2.14. The molecule has 21 heavy (non-hydrogen) atoms. The first-order chi connectivity index (χ1) is 9.89. The molecule has 10 heteroatoms. The SMILES string of the molecule is CCS(=O)(=O)Nc1nc(-c2ccc(OC(F)F)cc2)ns1. The van der Waals surface area contributed by atoms with E-state index < -0.39 is 16.6 Å². The molecule has 1 heterocycles. The highest BCUT2D eigenvalue weighted by atomic mass is 32.2. The molecular formula is C11H11F2N3O3S2. The standard InChI is InChI=1S/C11H11F2N3O3S2/c1-2-21(17,18)16-11-14-9(15-20-11)7-3-5-8(6-4-7)19-10(12)13/h3-6,10H,2H2,1H3,(H,14,15,16). The molecule has 0 amide bonds. The number of aromatic nitrogens is 2. The van der Waals surface area contributed by atoms with Crippen molar-refractivity contribution in [3.8, 4) is 17.1 Å². The Morgan fingerprint density at radius 1 is 1.33 bits per heavy atom. The molecule has 0 saturated carbocycles. The first kappa shape index (κ1) is 15.6. The van der Waals surface area contributed by atoms with Gasteiger partial charge >= 0.3 is 6.61 Å². The lowest BCUT2D eigenvalue weighted by atomic mass is 10.2. The van der Waals surface area contributed by atoms with E-state index in [1.165, 1.54) is 31.2 Å². The van der Waals surface area contributed by atoms with E-state index in [0.717, 1.165) is 11.5 Å². The number of nitrogens with zero attached hydrogens (tertiary/aromatic N) is 2. The van der Waals surface area contributed by atoms with Crippen molar-refractivity contribution in [1.82, 2.24) is 9.36 Å². The summed E-state index contributed by atoms with van der Waals surface area (Å²) in [6.45, 7) is -1.38. The van der Waals surface area contributed by atoms with E-state index in [-0.39, 0.29) is 16.6 Å². The average molecular weight is 335 g/mol. The molecule has 0 aliphatic heterocycles. The van der Waals surface area contributed by atoms with Gasteiger partial charge in [0.25, 0.3) is 0 Å². The molecule has 0 aliphatic carbocycles. The lowest BCUT2D eigenvalue weighted by Gasteiger charge is -2.04. The molecule has 0 fully saturated rings. The van der Waals surface area contributed by atoms with Gasteiger partial charge in [0, 0.05) is 17.1 Å². The smallest absolute Gasteiger partial charge is 0.387 e. The second kappa shape index (κ2) is 6.31. The fraction of sp³-hybridized carbons (Fsp3) is 0.273. The summed E-state index contributed by atoms with van der Waals surface area (Å²) in [4.78, 5) is 4.03. The Labute approximate surface area is 124 Å². The summed E-state index contributed by atoms with van der Waals surface area (Å²) in [6.07, 6.45) is 0. The van der Waals surface area contributed by atoms with Crippen LogP contribution in [0.2, 0.25) is 0 Å². The predicted molar refractivity (Wildman–Crippen MR) is 75.1 cm³/mol. The van der Waals surface area contributed by atoms with Crippen LogP contribution in [0.5, 0.6) is 5.75 Å². The van der Waals surface area contributed by atoms with Gasteiger partial charge in [0.1, 0.15) is 5.75 Å². The summed E-state index contributed by atoms with van der Waals surface area (Å²) in [7, 11) is -3.41. The zero-order valence-corrected chi connectivity index (χ0v) is 12.4. The van der Waals surface area contributed by atoms with Crippen LogP contribution in [0.4, 0.5) is 13.9 Å². The number of hydrogen-bond acceptors (Lipinski definition) is 6. The average Bonchev–Trinajstić information content (AvgIpc) is 2.86. The largest absolute Gasteiger partial charge is 0.435 e. The molecule has 0 spiro atoms. The molecule has 2 aromatic rings.